The molecule has 1 aliphatic heterocycles. The van der Waals surface area contributed by atoms with Gasteiger partial charge in [0.1, 0.15) is 24.4 Å². The summed E-state index contributed by atoms with van der Waals surface area (Å²) in [5.41, 5.74) is 0. The van der Waals surface area contributed by atoms with Crippen molar-refractivity contribution in [3.05, 3.63) is 146 Å². The van der Waals surface area contributed by atoms with Gasteiger partial charge in [0.15, 0.2) is 6.29 Å². The molecular weight excluding hydrogens is 875 g/mol. The Morgan fingerprint density at radius 2 is 0.900 bits per heavy atom. The van der Waals surface area contributed by atoms with Gasteiger partial charge in [0.25, 0.3) is 0 Å². The minimum atomic E-state index is -1.59. The average Bonchev–Trinajstić information content (AvgIpc) is 3.36. The van der Waals surface area contributed by atoms with E-state index in [1.165, 1.54) is 38.5 Å². The Bertz CT molecular complexity index is 1600. The van der Waals surface area contributed by atoms with Gasteiger partial charge in [0.2, 0.25) is 5.91 Å². The number of unbranched alkanes of at least 4 members (excludes halogenated alkanes) is 11. The Kier molecular flexibility index (Phi) is 44.6. The highest BCUT2D eigenvalue weighted by atomic mass is 16.7. The Morgan fingerprint density at radius 3 is 1.37 bits per heavy atom. The average molecular weight is 972 g/mol. The third kappa shape index (κ3) is 37.8. The van der Waals surface area contributed by atoms with Crippen molar-refractivity contribution >= 4 is 5.91 Å². The van der Waals surface area contributed by atoms with Crippen LogP contribution in [0.3, 0.4) is 0 Å². The number of rotatable bonds is 43. The molecule has 0 aromatic carbocycles. The summed E-state index contributed by atoms with van der Waals surface area (Å²) in [5, 5.41) is 54.3. The summed E-state index contributed by atoms with van der Waals surface area (Å²) >= 11 is 0. The first-order valence-corrected chi connectivity index (χ1v) is 27.1. The minimum Gasteiger partial charge on any atom is -0.394 e. The fourth-order valence-corrected chi connectivity index (χ4v) is 7.35. The van der Waals surface area contributed by atoms with Gasteiger partial charge in [-0.05, 0) is 116 Å². The van der Waals surface area contributed by atoms with Gasteiger partial charge in [0, 0.05) is 6.42 Å². The Balaban J connectivity index is 2.33. The summed E-state index contributed by atoms with van der Waals surface area (Å²) in [4.78, 5) is 13.0. The molecular formula is C61H97NO8. The predicted molar refractivity (Wildman–Crippen MR) is 294 cm³/mol. The molecule has 0 bridgehead atoms. The van der Waals surface area contributed by atoms with Gasteiger partial charge in [0.05, 0.1) is 25.4 Å². The number of hydrogen-bond donors (Lipinski definition) is 6. The van der Waals surface area contributed by atoms with E-state index in [4.69, 9.17) is 9.47 Å². The van der Waals surface area contributed by atoms with E-state index in [2.05, 4.69) is 153 Å². The molecule has 394 valence electrons. The number of ether oxygens (including phenoxy) is 2. The second kappa shape index (κ2) is 48.7. The van der Waals surface area contributed by atoms with Crippen molar-refractivity contribution in [1.29, 1.82) is 0 Å². The smallest absolute Gasteiger partial charge is 0.220 e. The minimum absolute atomic E-state index is 0.230. The van der Waals surface area contributed by atoms with Crippen LogP contribution in [0.25, 0.3) is 0 Å². The second-order valence-corrected chi connectivity index (χ2v) is 17.9. The first-order valence-electron chi connectivity index (χ1n) is 27.1. The molecule has 0 aromatic rings. The standard InChI is InChI=1S/C61H97NO8/c1-3-5-7-9-11-13-15-17-19-21-22-23-24-25-26-27-28-29-30-31-32-33-34-35-37-39-41-43-45-47-49-51-57(65)62-54(53-69-61-60(68)59(67)58(66)56(52-63)70-61)55(64)50-48-46-44-42-40-38-36-20-18-16-14-12-10-8-6-4-2/h5,7,11,13,17-20,22-23,25-26,28-29,31-32,34-35,39-42,48,50,54-56,58-61,63-64,66-68H,3-4,6,8-10,12,14-16,21,24,27,30,33,36-38,43-47,49,51-53H2,1-2H3,(H,62,65)/b7-5-,13-11-,19-17-,20-18+,23-22-,26-25-,29-28-,32-31-,35-34-,41-39-,42-40+,50-48+. The maximum atomic E-state index is 13.0. The zero-order valence-electron chi connectivity index (χ0n) is 43.5. The van der Waals surface area contributed by atoms with Crippen LogP contribution in [0, 0.1) is 0 Å². The van der Waals surface area contributed by atoms with E-state index < -0.39 is 49.5 Å². The Labute approximate surface area is 425 Å². The van der Waals surface area contributed by atoms with Crippen molar-refractivity contribution in [3.63, 3.8) is 0 Å². The molecule has 1 rings (SSSR count). The van der Waals surface area contributed by atoms with E-state index in [1.807, 2.05) is 6.08 Å². The number of aliphatic hydroxyl groups excluding tert-OH is 5. The van der Waals surface area contributed by atoms with Crippen molar-refractivity contribution in [2.24, 2.45) is 0 Å². The predicted octanol–water partition coefficient (Wildman–Crippen LogP) is 13.1. The third-order valence-corrected chi connectivity index (χ3v) is 11.6. The zero-order chi connectivity index (χ0) is 50.8. The summed E-state index contributed by atoms with van der Waals surface area (Å²) in [5.74, 6) is -0.231. The highest BCUT2D eigenvalue weighted by Gasteiger charge is 2.44. The van der Waals surface area contributed by atoms with E-state index in [-0.39, 0.29) is 18.9 Å². The summed E-state index contributed by atoms with van der Waals surface area (Å²) in [6.07, 6.45) is 69.0. The summed E-state index contributed by atoms with van der Waals surface area (Å²) in [6.45, 7) is 3.58. The molecule has 0 aliphatic carbocycles. The molecule has 7 atom stereocenters. The van der Waals surface area contributed by atoms with Gasteiger partial charge in [-0.15, -0.1) is 0 Å². The highest BCUT2D eigenvalue weighted by Crippen LogP contribution is 2.22. The summed E-state index contributed by atoms with van der Waals surface area (Å²) < 4.78 is 11.2. The molecule has 0 saturated carbocycles. The van der Waals surface area contributed by atoms with Gasteiger partial charge in [-0.3, -0.25) is 4.79 Å². The molecule has 0 spiro atoms. The maximum Gasteiger partial charge on any atom is 0.220 e. The quantitative estimate of drug-likeness (QED) is 0.0261. The van der Waals surface area contributed by atoms with Crippen LogP contribution in [-0.4, -0.2) is 87.5 Å². The summed E-state index contributed by atoms with van der Waals surface area (Å²) in [6, 6.07) is -0.858. The van der Waals surface area contributed by atoms with Gasteiger partial charge < -0.3 is 40.3 Å². The van der Waals surface area contributed by atoms with Gasteiger partial charge in [-0.1, -0.05) is 198 Å². The van der Waals surface area contributed by atoms with Crippen LogP contribution in [0.4, 0.5) is 0 Å². The molecule has 1 fully saturated rings. The lowest BCUT2D eigenvalue weighted by atomic mass is 9.99. The van der Waals surface area contributed by atoms with Gasteiger partial charge in [-0.25, -0.2) is 0 Å². The maximum absolute atomic E-state index is 13.0. The molecule has 1 saturated heterocycles. The molecule has 0 aromatic heterocycles. The van der Waals surface area contributed by atoms with Gasteiger partial charge in [-0.2, -0.15) is 0 Å². The van der Waals surface area contributed by atoms with Crippen LogP contribution in [0.15, 0.2) is 146 Å². The normalized spacial score (nSPS) is 20.6. The topological polar surface area (TPSA) is 149 Å². The number of nitrogens with one attached hydrogen (secondary N) is 1. The fourth-order valence-electron chi connectivity index (χ4n) is 7.35. The highest BCUT2D eigenvalue weighted by molar-refractivity contribution is 5.76. The van der Waals surface area contributed by atoms with Crippen LogP contribution in [-0.2, 0) is 14.3 Å². The Hall–Kier alpha value is -3.93. The van der Waals surface area contributed by atoms with Crippen LogP contribution >= 0.6 is 0 Å². The van der Waals surface area contributed by atoms with Gasteiger partial charge >= 0.3 is 0 Å². The number of aliphatic hydroxyl groups is 5. The van der Waals surface area contributed by atoms with Crippen LogP contribution in [0.5, 0.6) is 0 Å². The molecule has 6 N–H and O–H groups in total. The number of carbonyl (C=O) groups excluding carboxylic acids is 1. The van der Waals surface area contributed by atoms with Crippen LogP contribution in [0.1, 0.15) is 174 Å². The molecule has 7 unspecified atom stereocenters. The van der Waals surface area contributed by atoms with E-state index in [0.29, 0.717) is 12.8 Å². The number of hydrogen-bond acceptors (Lipinski definition) is 8. The van der Waals surface area contributed by atoms with Crippen molar-refractivity contribution in [2.75, 3.05) is 13.2 Å². The Morgan fingerprint density at radius 1 is 0.500 bits per heavy atom. The van der Waals surface area contributed by atoms with Crippen molar-refractivity contribution < 1.29 is 39.8 Å². The number of allylic oxidation sites excluding steroid dienone is 23. The van der Waals surface area contributed by atoms with Crippen molar-refractivity contribution in [2.45, 2.75) is 217 Å². The largest absolute Gasteiger partial charge is 0.394 e. The monoisotopic (exact) mass is 972 g/mol. The number of amides is 1. The molecule has 1 amide bonds. The molecule has 70 heavy (non-hydrogen) atoms. The fraction of sp³-hybridized carbons (Fsp3) is 0.590. The zero-order valence-corrected chi connectivity index (χ0v) is 43.5. The number of carbonyl (C=O) groups is 1. The lowest BCUT2D eigenvalue weighted by molar-refractivity contribution is -0.302. The van der Waals surface area contributed by atoms with E-state index in [0.717, 1.165) is 103 Å². The van der Waals surface area contributed by atoms with E-state index in [1.54, 1.807) is 6.08 Å². The third-order valence-electron chi connectivity index (χ3n) is 11.6. The molecule has 9 nitrogen and oxygen atoms in total. The molecule has 0 radical (unpaired) electrons. The molecule has 1 aliphatic rings. The first-order chi connectivity index (χ1) is 34.3. The molecule has 1 heterocycles. The second-order valence-electron chi connectivity index (χ2n) is 17.9. The van der Waals surface area contributed by atoms with Crippen molar-refractivity contribution in [3.8, 4) is 0 Å². The van der Waals surface area contributed by atoms with E-state index in [9.17, 15) is 30.3 Å². The van der Waals surface area contributed by atoms with Crippen LogP contribution in [0.2, 0.25) is 0 Å². The van der Waals surface area contributed by atoms with Crippen molar-refractivity contribution in [1.82, 2.24) is 5.32 Å². The lowest BCUT2D eigenvalue weighted by Gasteiger charge is -2.40. The van der Waals surface area contributed by atoms with E-state index >= 15 is 0 Å². The van der Waals surface area contributed by atoms with Crippen LogP contribution < -0.4 is 5.32 Å². The SMILES string of the molecule is CC/C=C\C/C=C\C/C=C\C/C=C\C/C=C\C/C=C\C/C=C\C/C=C\C/C=C\CCCCCC(=O)NC(COC1OC(CO)C(O)C(O)C1O)C(O)/C=C/CC/C=C/CC/C=C/CCCCCCCC. The lowest BCUT2D eigenvalue weighted by Crippen LogP contribution is -2.60. The molecule has 9 heteroatoms. The summed E-state index contributed by atoms with van der Waals surface area (Å²) in [7, 11) is 0. The first kappa shape index (κ1) is 64.1.